The molecule has 27 heavy (non-hydrogen) atoms. The Morgan fingerprint density at radius 2 is 2.00 bits per heavy atom. The number of methoxy groups -OCH3 is 2. The molecule has 1 unspecified atom stereocenters. The SMILES string of the molecule is COc1ccc(NC(=O)N2CCSC(c3ccccc3F)CC2)c(OC)c1. The molecule has 1 saturated heterocycles. The molecular formula is C20H23FN2O3S. The summed E-state index contributed by atoms with van der Waals surface area (Å²) in [5.74, 6) is 1.77. The second-order valence-corrected chi connectivity index (χ2v) is 7.46. The summed E-state index contributed by atoms with van der Waals surface area (Å²) >= 11 is 1.69. The summed E-state index contributed by atoms with van der Waals surface area (Å²) in [6, 6.07) is 11.9. The van der Waals surface area contributed by atoms with E-state index in [1.807, 2.05) is 12.1 Å². The average molecular weight is 390 g/mol. The zero-order chi connectivity index (χ0) is 19.2. The lowest BCUT2D eigenvalue weighted by molar-refractivity contribution is 0.215. The van der Waals surface area contributed by atoms with Crippen LogP contribution in [0.2, 0.25) is 0 Å². The van der Waals surface area contributed by atoms with Crippen molar-refractivity contribution in [1.29, 1.82) is 0 Å². The van der Waals surface area contributed by atoms with Gasteiger partial charge in [-0.05, 0) is 24.6 Å². The molecule has 7 heteroatoms. The predicted octanol–water partition coefficient (Wildman–Crippen LogP) is 4.56. The number of carbonyl (C=O) groups is 1. The second-order valence-electron chi connectivity index (χ2n) is 6.15. The molecule has 0 aliphatic carbocycles. The lowest BCUT2D eigenvalue weighted by Gasteiger charge is -2.22. The van der Waals surface area contributed by atoms with Crippen molar-refractivity contribution in [3.63, 3.8) is 0 Å². The number of carbonyl (C=O) groups excluding carboxylic acids is 1. The van der Waals surface area contributed by atoms with E-state index in [2.05, 4.69) is 5.32 Å². The quantitative estimate of drug-likeness (QED) is 0.832. The highest BCUT2D eigenvalue weighted by Gasteiger charge is 2.24. The van der Waals surface area contributed by atoms with Crippen molar-refractivity contribution in [1.82, 2.24) is 4.90 Å². The van der Waals surface area contributed by atoms with E-state index < -0.39 is 0 Å². The minimum Gasteiger partial charge on any atom is -0.497 e. The van der Waals surface area contributed by atoms with Gasteiger partial charge in [0.1, 0.15) is 17.3 Å². The van der Waals surface area contributed by atoms with E-state index in [0.717, 1.165) is 5.75 Å². The first-order valence-electron chi connectivity index (χ1n) is 8.76. The molecular weight excluding hydrogens is 367 g/mol. The molecule has 1 heterocycles. The molecule has 3 rings (SSSR count). The highest BCUT2D eigenvalue weighted by Crippen LogP contribution is 2.36. The Balaban J connectivity index is 1.65. The number of thioether (sulfide) groups is 1. The van der Waals surface area contributed by atoms with E-state index >= 15 is 0 Å². The second kappa shape index (κ2) is 8.99. The van der Waals surface area contributed by atoms with Gasteiger partial charge in [0, 0.05) is 35.7 Å². The Bertz CT molecular complexity index is 803. The normalized spacial score (nSPS) is 17.1. The van der Waals surface area contributed by atoms with Crippen LogP contribution in [-0.2, 0) is 0 Å². The van der Waals surface area contributed by atoms with Crippen LogP contribution in [0.5, 0.6) is 11.5 Å². The molecule has 0 aromatic heterocycles. The molecule has 1 atom stereocenters. The molecule has 5 nitrogen and oxygen atoms in total. The van der Waals surface area contributed by atoms with Gasteiger partial charge in [-0.15, -0.1) is 0 Å². The Kier molecular flexibility index (Phi) is 6.45. The lowest BCUT2D eigenvalue weighted by Crippen LogP contribution is -2.36. The third-order valence-corrected chi connectivity index (χ3v) is 5.84. The molecule has 2 aromatic rings. The number of rotatable bonds is 4. The summed E-state index contributed by atoms with van der Waals surface area (Å²) in [4.78, 5) is 14.5. The fourth-order valence-electron chi connectivity index (χ4n) is 3.05. The predicted molar refractivity (Wildman–Crippen MR) is 106 cm³/mol. The molecule has 2 aromatic carbocycles. The molecule has 2 amide bonds. The fourth-order valence-corrected chi connectivity index (χ4v) is 4.31. The Labute approximate surface area is 162 Å². The van der Waals surface area contributed by atoms with Gasteiger partial charge in [-0.1, -0.05) is 18.2 Å². The van der Waals surface area contributed by atoms with Crippen molar-refractivity contribution in [2.75, 3.05) is 38.4 Å². The number of halogens is 1. The minimum atomic E-state index is -0.187. The van der Waals surface area contributed by atoms with Gasteiger partial charge in [0.05, 0.1) is 19.9 Å². The van der Waals surface area contributed by atoms with Crippen LogP contribution in [0.15, 0.2) is 42.5 Å². The number of hydrogen-bond acceptors (Lipinski definition) is 4. The third-order valence-electron chi connectivity index (χ3n) is 4.53. The molecule has 144 valence electrons. The molecule has 1 aliphatic rings. The number of hydrogen-bond donors (Lipinski definition) is 1. The van der Waals surface area contributed by atoms with Crippen LogP contribution in [0.3, 0.4) is 0 Å². The molecule has 0 saturated carbocycles. The summed E-state index contributed by atoms with van der Waals surface area (Å²) in [5, 5.41) is 2.95. The van der Waals surface area contributed by atoms with Crippen LogP contribution in [0.4, 0.5) is 14.9 Å². The largest absolute Gasteiger partial charge is 0.497 e. The first-order valence-corrected chi connectivity index (χ1v) is 9.81. The third kappa shape index (κ3) is 4.66. The van der Waals surface area contributed by atoms with Crippen LogP contribution < -0.4 is 14.8 Å². The van der Waals surface area contributed by atoms with Crippen molar-refractivity contribution < 1.29 is 18.7 Å². The van der Waals surface area contributed by atoms with E-state index in [1.165, 1.54) is 6.07 Å². The Morgan fingerprint density at radius 1 is 1.19 bits per heavy atom. The van der Waals surface area contributed by atoms with Gasteiger partial charge in [0.15, 0.2) is 0 Å². The van der Waals surface area contributed by atoms with Crippen molar-refractivity contribution in [2.24, 2.45) is 0 Å². The van der Waals surface area contributed by atoms with E-state index in [-0.39, 0.29) is 17.1 Å². The number of nitrogens with zero attached hydrogens (tertiary/aromatic N) is 1. The maximum absolute atomic E-state index is 14.1. The first-order chi connectivity index (χ1) is 13.1. The van der Waals surface area contributed by atoms with Crippen LogP contribution >= 0.6 is 11.8 Å². The van der Waals surface area contributed by atoms with Crippen LogP contribution in [0.1, 0.15) is 17.2 Å². The molecule has 0 radical (unpaired) electrons. The fraction of sp³-hybridized carbons (Fsp3) is 0.350. The van der Waals surface area contributed by atoms with E-state index in [4.69, 9.17) is 9.47 Å². The van der Waals surface area contributed by atoms with Gasteiger partial charge >= 0.3 is 6.03 Å². The van der Waals surface area contributed by atoms with Crippen molar-refractivity contribution >= 4 is 23.5 Å². The van der Waals surface area contributed by atoms with Crippen LogP contribution in [0.25, 0.3) is 0 Å². The number of ether oxygens (including phenoxy) is 2. The first kappa shape index (κ1) is 19.4. The molecule has 1 aliphatic heterocycles. The highest BCUT2D eigenvalue weighted by molar-refractivity contribution is 7.99. The summed E-state index contributed by atoms with van der Waals surface area (Å²) in [7, 11) is 3.12. The number of anilines is 1. The Hall–Kier alpha value is -2.41. The van der Waals surface area contributed by atoms with Gasteiger partial charge in [0.2, 0.25) is 0 Å². The topological polar surface area (TPSA) is 50.8 Å². The number of nitrogens with one attached hydrogen (secondary N) is 1. The number of urea groups is 1. The van der Waals surface area contributed by atoms with Gasteiger partial charge in [-0.3, -0.25) is 0 Å². The standard InChI is InChI=1S/C20H23FN2O3S/c1-25-14-7-8-17(18(13-14)26-2)22-20(24)23-10-9-19(27-12-11-23)15-5-3-4-6-16(15)21/h3-8,13,19H,9-12H2,1-2H3,(H,22,24). The van der Waals surface area contributed by atoms with Gasteiger partial charge in [-0.2, -0.15) is 11.8 Å². The maximum Gasteiger partial charge on any atom is 0.321 e. The summed E-state index contributed by atoms with van der Waals surface area (Å²) < 4.78 is 24.6. The lowest BCUT2D eigenvalue weighted by atomic mass is 10.1. The summed E-state index contributed by atoms with van der Waals surface area (Å²) in [6.45, 7) is 1.18. The zero-order valence-electron chi connectivity index (χ0n) is 15.4. The average Bonchev–Trinajstić information content (AvgIpc) is 2.95. The zero-order valence-corrected chi connectivity index (χ0v) is 16.2. The molecule has 1 fully saturated rings. The molecule has 0 bridgehead atoms. The van der Waals surface area contributed by atoms with Gasteiger partial charge in [-0.25, -0.2) is 9.18 Å². The van der Waals surface area contributed by atoms with Crippen LogP contribution in [0, 0.1) is 5.82 Å². The van der Waals surface area contributed by atoms with Gasteiger partial charge in [0.25, 0.3) is 0 Å². The minimum absolute atomic E-state index is 0.0551. The van der Waals surface area contributed by atoms with E-state index in [0.29, 0.717) is 42.3 Å². The van der Waals surface area contributed by atoms with Crippen molar-refractivity contribution in [2.45, 2.75) is 11.7 Å². The monoisotopic (exact) mass is 390 g/mol. The Morgan fingerprint density at radius 3 is 2.74 bits per heavy atom. The number of benzene rings is 2. The van der Waals surface area contributed by atoms with Crippen molar-refractivity contribution in [3.05, 3.63) is 53.8 Å². The molecule has 0 spiro atoms. The smallest absolute Gasteiger partial charge is 0.321 e. The number of amides is 2. The summed E-state index contributed by atoms with van der Waals surface area (Å²) in [5.41, 5.74) is 1.30. The van der Waals surface area contributed by atoms with Crippen LogP contribution in [-0.4, -0.2) is 44.0 Å². The van der Waals surface area contributed by atoms with E-state index in [9.17, 15) is 9.18 Å². The highest BCUT2D eigenvalue weighted by atomic mass is 32.2. The maximum atomic E-state index is 14.1. The van der Waals surface area contributed by atoms with Crippen molar-refractivity contribution in [3.8, 4) is 11.5 Å². The van der Waals surface area contributed by atoms with Gasteiger partial charge < -0.3 is 19.7 Å². The summed E-state index contributed by atoms with van der Waals surface area (Å²) in [6.07, 6.45) is 0.707. The molecule has 1 N–H and O–H groups in total. The van der Waals surface area contributed by atoms with E-state index in [1.54, 1.807) is 55.1 Å².